The molecular formula is C13H25N3O2. The van der Waals surface area contributed by atoms with Gasteiger partial charge in [-0.2, -0.15) is 0 Å². The number of carbonyl (C=O) groups excluding carboxylic acids is 1. The molecule has 5 heteroatoms. The first-order valence-electron chi connectivity index (χ1n) is 6.98. The Hall–Kier alpha value is -0.650. The number of carbonyl (C=O) groups is 1. The molecule has 18 heavy (non-hydrogen) atoms. The van der Waals surface area contributed by atoms with E-state index in [1.165, 1.54) is 6.42 Å². The summed E-state index contributed by atoms with van der Waals surface area (Å²) in [6.07, 6.45) is 2.43. The Morgan fingerprint density at radius 1 is 1.56 bits per heavy atom. The molecule has 0 saturated carbocycles. The zero-order chi connectivity index (χ0) is 13.0. The molecule has 2 saturated heterocycles. The standard InChI is InChI=1S/C13H25N3O2/c1-10-4-3-5-14-12(10)13(17)15-8-11-9-16(2)6-7-18-11/h10-12,14H,3-9H2,1-2H3,(H,15,17). The zero-order valence-corrected chi connectivity index (χ0v) is 11.4. The van der Waals surface area contributed by atoms with Gasteiger partial charge in [0.05, 0.1) is 18.8 Å². The molecule has 0 bridgehead atoms. The Labute approximate surface area is 109 Å². The number of rotatable bonds is 3. The van der Waals surface area contributed by atoms with Crippen LogP contribution in [0.5, 0.6) is 0 Å². The largest absolute Gasteiger partial charge is 0.374 e. The number of nitrogens with zero attached hydrogens (tertiary/aromatic N) is 1. The van der Waals surface area contributed by atoms with E-state index in [2.05, 4.69) is 29.5 Å². The van der Waals surface area contributed by atoms with Crippen LogP contribution in [0.15, 0.2) is 0 Å². The lowest BCUT2D eigenvalue weighted by Gasteiger charge is -2.32. The Balaban J connectivity index is 1.73. The Kier molecular flexibility index (Phi) is 4.97. The number of amides is 1. The summed E-state index contributed by atoms with van der Waals surface area (Å²) in [5.74, 6) is 0.549. The van der Waals surface area contributed by atoms with Gasteiger partial charge in [0.15, 0.2) is 0 Å². The molecule has 5 nitrogen and oxygen atoms in total. The number of ether oxygens (including phenoxy) is 1. The van der Waals surface area contributed by atoms with Crippen LogP contribution in [0.25, 0.3) is 0 Å². The average molecular weight is 255 g/mol. The number of hydrogen-bond donors (Lipinski definition) is 2. The summed E-state index contributed by atoms with van der Waals surface area (Å²) < 4.78 is 5.64. The third-order valence-corrected chi connectivity index (χ3v) is 3.90. The first kappa shape index (κ1) is 13.8. The highest BCUT2D eigenvalue weighted by atomic mass is 16.5. The quantitative estimate of drug-likeness (QED) is 0.735. The van der Waals surface area contributed by atoms with Crippen LogP contribution < -0.4 is 10.6 Å². The number of likely N-dealkylation sites (N-methyl/N-ethyl adjacent to an activating group) is 1. The van der Waals surface area contributed by atoms with Gasteiger partial charge in [-0.3, -0.25) is 4.79 Å². The fraction of sp³-hybridized carbons (Fsp3) is 0.923. The molecule has 3 atom stereocenters. The van der Waals surface area contributed by atoms with Crippen molar-refractivity contribution in [2.75, 3.05) is 39.8 Å². The topological polar surface area (TPSA) is 53.6 Å². The van der Waals surface area contributed by atoms with Gasteiger partial charge in [-0.05, 0) is 32.4 Å². The molecule has 2 heterocycles. The predicted molar refractivity (Wildman–Crippen MR) is 70.4 cm³/mol. The van der Waals surface area contributed by atoms with E-state index in [4.69, 9.17) is 4.74 Å². The third kappa shape index (κ3) is 3.67. The zero-order valence-electron chi connectivity index (χ0n) is 11.4. The number of morpholine rings is 1. The highest BCUT2D eigenvalue weighted by molar-refractivity contribution is 5.82. The van der Waals surface area contributed by atoms with E-state index in [1.54, 1.807) is 0 Å². The average Bonchev–Trinajstić information content (AvgIpc) is 2.37. The van der Waals surface area contributed by atoms with Gasteiger partial charge < -0.3 is 20.3 Å². The molecule has 2 aliphatic rings. The van der Waals surface area contributed by atoms with Crippen LogP contribution >= 0.6 is 0 Å². The summed E-state index contributed by atoms with van der Waals surface area (Å²) in [7, 11) is 2.09. The normalized spacial score (nSPS) is 34.2. The van der Waals surface area contributed by atoms with E-state index < -0.39 is 0 Å². The number of nitrogens with one attached hydrogen (secondary N) is 2. The van der Waals surface area contributed by atoms with E-state index in [0.29, 0.717) is 12.5 Å². The molecule has 0 spiro atoms. The number of hydrogen-bond acceptors (Lipinski definition) is 4. The molecule has 2 fully saturated rings. The van der Waals surface area contributed by atoms with Gasteiger partial charge in [-0.15, -0.1) is 0 Å². The monoisotopic (exact) mass is 255 g/mol. The van der Waals surface area contributed by atoms with Crippen molar-refractivity contribution in [3.63, 3.8) is 0 Å². The van der Waals surface area contributed by atoms with E-state index in [9.17, 15) is 4.79 Å². The summed E-state index contributed by atoms with van der Waals surface area (Å²) in [5.41, 5.74) is 0. The minimum Gasteiger partial charge on any atom is -0.374 e. The van der Waals surface area contributed by atoms with E-state index >= 15 is 0 Å². The van der Waals surface area contributed by atoms with Crippen LogP contribution in [0.1, 0.15) is 19.8 Å². The van der Waals surface area contributed by atoms with Gasteiger partial charge in [0, 0.05) is 19.6 Å². The minimum absolute atomic E-state index is 0.0277. The third-order valence-electron chi connectivity index (χ3n) is 3.90. The SMILES string of the molecule is CC1CCCNC1C(=O)NCC1CN(C)CCO1. The van der Waals surface area contributed by atoms with Crippen molar-refractivity contribution < 1.29 is 9.53 Å². The van der Waals surface area contributed by atoms with Crippen molar-refractivity contribution in [2.24, 2.45) is 5.92 Å². The maximum Gasteiger partial charge on any atom is 0.237 e. The van der Waals surface area contributed by atoms with Crippen LogP contribution in [-0.4, -0.2) is 62.8 Å². The highest BCUT2D eigenvalue weighted by Gasteiger charge is 2.28. The lowest BCUT2D eigenvalue weighted by atomic mass is 9.92. The maximum absolute atomic E-state index is 12.1. The van der Waals surface area contributed by atoms with Crippen molar-refractivity contribution in [1.29, 1.82) is 0 Å². The van der Waals surface area contributed by atoms with E-state index in [0.717, 1.165) is 32.7 Å². The Morgan fingerprint density at radius 3 is 3.11 bits per heavy atom. The van der Waals surface area contributed by atoms with Gasteiger partial charge >= 0.3 is 0 Å². The molecule has 0 aromatic carbocycles. The first-order chi connectivity index (χ1) is 8.66. The second-order valence-corrected chi connectivity index (χ2v) is 5.55. The number of piperidine rings is 1. The van der Waals surface area contributed by atoms with E-state index in [-0.39, 0.29) is 18.1 Å². The molecule has 104 valence electrons. The predicted octanol–water partition coefficient (Wildman–Crippen LogP) is -0.179. The van der Waals surface area contributed by atoms with Gasteiger partial charge in [0.1, 0.15) is 0 Å². The second kappa shape index (κ2) is 6.50. The molecule has 1 amide bonds. The van der Waals surface area contributed by atoms with E-state index in [1.807, 2.05) is 0 Å². The molecule has 2 N–H and O–H groups in total. The summed E-state index contributed by atoms with van der Waals surface area (Å²) in [4.78, 5) is 14.3. The molecule has 2 aliphatic heterocycles. The van der Waals surface area contributed by atoms with Crippen molar-refractivity contribution in [2.45, 2.75) is 31.9 Å². The molecule has 3 unspecified atom stereocenters. The van der Waals surface area contributed by atoms with Crippen molar-refractivity contribution >= 4 is 5.91 Å². The van der Waals surface area contributed by atoms with Crippen LogP contribution in [0.3, 0.4) is 0 Å². The fourth-order valence-corrected chi connectivity index (χ4v) is 2.72. The van der Waals surface area contributed by atoms with Gasteiger partial charge in [-0.1, -0.05) is 6.92 Å². The summed E-state index contributed by atoms with van der Waals surface area (Å²) in [5, 5.41) is 6.32. The molecule has 2 rings (SSSR count). The second-order valence-electron chi connectivity index (χ2n) is 5.55. The van der Waals surface area contributed by atoms with Gasteiger partial charge in [0.2, 0.25) is 5.91 Å². The van der Waals surface area contributed by atoms with Gasteiger partial charge in [-0.25, -0.2) is 0 Å². The lowest BCUT2D eigenvalue weighted by molar-refractivity contribution is -0.126. The minimum atomic E-state index is -0.0277. The molecule has 0 radical (unpaired) electrons. The van der Waals surface area contributed by atoms with Crippen LogP contribution in [0.4, 0.5) is 0 Å². The Bertz CT molecular complexity index is 285. The fourth-order valence-electron chi connectivity index (χ4n) is 2.72. The summed E-state index contributed by atoms with van der Waals surface area (Å²) in [6.45, 7) is 6.34. The first-order valence-corrected chi connectivity index (χ1v) is 6.98. The molecule has 0 aromatic heterocycles. The van der Waals surface area contributed by atoms with Crippen molar-refractivity contribution in [3.8, 4) is 0 Å². The van der Waals surface area contributed by atoms with Gasteiger partial charge in [0.25, 0.3) is 0 Å². The molecular weight excluding hydrogens is 230 g/mol. The highest BCUT2D eigenvalue weighted by Crippen LogP contribution is 2.15. The summed E-state index contributed by atoms with van der Waals surface area (Å²) >= 11 is 0. The van der Waals surface area contributed by atoms with Crippen molar-refractivity contribution in [1.82, 2.24) is 15.5 Å². The molecule has 0 aliphatic carbocycles. The van der Waals surface area contributed by atoms with Crippen LogP contribution in [-0.2, 0) is 9.53 Å². The van der Waals surface area contributed by atoms with Crippen molar-refractivity contribution in [3.05, 3.63) is 0 Å². The maximum atomic E-state index is 12.1. The van der Waals surface area contributed by atoms with Crippen LogP contribution in [0.2, 0.25) is 0 Å². The summed E-state index contributed by atoms with van der Waals surface area (Å²) in [6, 6.07) is -0.0277. The smallest absolute Gasteiger partial charge is 0.237 e. The lowest BCUT2D eigenvalue weighted by Crippen LogP contribution is -2.53. The molecule has 0 aromatic rings. The van der Waals surface area contributed by atoms with Crippen LogP contribution in [0, 0.1) is 5.92 Å². The Morgan fingerprint density at radius 2 is 2.39 bits per heavy atom.